The average molecular weight is 297 g/mol. The lowest BCUT2D eigenvalue weighted by Gasteiger charge is -2.37. The van der Waals surface area contributed by atoms with Gasteiger partial charge in [-0.2, -0.15) is 0 Å². The van der Waals surface area contributed by atoms with E-state index in [-0.39, 0.29) is 17.7 Å². The van der Waals surface area contributed by atoms with E-state index in [0.717, 1.165) is 0 Å². The van der Waals surface area contributed by atoms with Crippen molar-refractivity contribution in [1.82, 2.24) is 4.90 Å². The van der Waals surface area contributed by atoms with Crippen LogP contribution in [0.3, 0.4) is 0 Å². The Morgan fingerprint density at radius 3 is 1.64 bits per heavy atom. The molecule has 2 aromatic rings. The van der Waals surface area contributed by atoms with Crippen LogP contribution in [0.2, 0.25) is 0 Å². The van der Waals surface area contributed by atoms with Gasteiger partial charge in [-0.05, 0) is 46.0 Å². The second-order valence-electron chi connectivity index (χ2n) is 6.88. The lowest BCUT2D eigenvalue weighted by molar-refractivity contribution is -0.0937. The summed E-state index contributed by atoms with van der Waals surface area (Å²) in [6.45, 7) is 6.34. The van der Waals surface area contributed by atoms with Gasteiger partial charge in [0.2, 0.25) is 0 Å². The summed E-state index contributed by atoms with van der Waals surface area (Å²) in [5, 5.41) is 0. The van der Waals surface area contributed by atoms with Gasteiger partial charge in [-0.1, -0.05) is 60.7 Å². The Balaban J connectivity index is 2.45. The highest BCUT2D eigenvalue weighted by Crippen LogP contribution is 2.38. The number of hydrogen-bond donors (Lipinski definition) is 0. The first-order chi connectivity index (χ1) is 10.4. The first-order valence-electron chi connectivity index (χ1n) is 7.82. The summed E-state index contributed by atoms with van der Waals surface area (Å²) in [5.74, 6) is 0. The van der Waals surface area contributed by atoms with Crippen LogP contribution < -0.4 is 0 Å². The molecule has 118 valence electrons. The van der Waals surface area contributed by atoms with Crippen LogP contribution in [0.25, 0.3) is 0 Å². The van der Waals surface area contributed by atoms with E-state index >= 15 is 0 Å². The van der Waals surface area contributed by atoms with Crippen LogP contribution in [0, 0.1) is 0 Å². The zero-order chi connectivity index (χ0) is 16.2. The third kappa shape index (κ3) is 4.43. The first kappa shape index (κ1) is 16.7. The quantitative estimate of drug-likeness (QED) is 0.782. The maximum Gasteiger partial charge on any atom is 0.103 e. The fourth-order valence-electron chi connectivity index (χ4n) is 2.73. The second kappa shape index (κ2) is 7.08. The van der Waals surface area contributed by atoms with Gasteiger partial charge in [0.15, 0.2) is 0 Å². The van der Waals surface area contributed by atoms with Crippen LogP contribution >= 0.6 is 0 Å². The van der Waals surface area contributed by atoms with Crippen LogP contribution in [0.5, 0.6) is 0 Å². The van der Waals surface area contributed by atoms with Gasteiger partial charge in [-0.25, -0.2) is 0 Å². The summed E-state index contributed by atoms with van der Waals surface area (Å²) < 4.78 is 6.46. The SMILES string of the molecule is CN(C)[C@H](c1ccccc1)[C@H](OC(C)(C)C)c1ccccc1. The first-order valence-corrected chi connectivity index (χ1v) is 7.82. The van der Waals surface area contributed by atoms with Gasteiger partial charge >= 0.3 is 0 Å². The number of rotatable bonds is 5. The largest absolute Gasteiger partial charge is 0.366 e. The molecule has 2 aromatic carbocycles. The fourth-order valence-corrected chi connectivity index (χ4v) is 2.73. The van der Waals surface area contributed by atoms with Crippen molar-refractivity contribution in [1.29, 1.82) is 0 Å². The van der Waals surface area contributed by atoms with Crippen LogP contribution in [-0.4, -0.2) is 24.6 Å². The van der Waals surface area contributed by atoms with Gasteiger partial charge < -0.3 is 4.74 Å². The molecule has 0 unspecified atom stereocenters. The molecule has 0 bridgehead atoms. The summed E-state index contributed by atoms with van der Waals surface area (Å²) >= 11 is 0. The number of nitrogens with zero attached hydrogens (tertiary/aromatic N) is 1. The van der Waals surface area contributed by atoms with Crippen molar-refractivity contribution < 1.29 is 4.74 Å². The summed E-state index contributed by atoms with van der Waals surface area (Å²) in [6, 6.07) is 21.2. The molecule has 0 amide bonds. The molecule has 0 aliphatic rings. The summed E-state index contributed by atoms with van der Waals surface area (Å²) in [6.07, 6.45) is -0.0152. The molecule has 0 aliphatic carbocycles. The molecule has 2 atom stereocenters. The summed E-state index contributed by atoms with van der Waals surface area (Å²) in [4.78, 5) is 2.23. The molecule has 0 saturated carbocycles. The van der Waals surface area contributed by atoms with E-state index in [1.54, 1.807) is 0 Å². The van der Waals surface area contributed by atoms with E-state index in [1.807, 2.05) is 6.07 Å². The molecule has 0 aliphatic heterocycles. The Hall–Kier alpha value is -1.64. The Labute approximate surface area is 134 Å². The fraction of sp³-hybridized carbons (Fsp3) is 0.400. The predicted octanol–water partition coefficient (Wildman–Crippen LogP) is 4.85. The Morgan fingerprint density at radius 2 is 1.23 bits per heavy atom. The molecule has 22 heavy (non-hydrogen) atoms. The van der Waals surface area contributed by atoms with Gasteiger partial charge in [0.25, 0.3) is 0 Å². The molecule has 0 aromatic heterocycles. The van der Waals surface area contributed by atoms with Crippen molar-refractivity contribution in [3.8, 4) is 0 Å². The number of hydrogen-bond acceptors (Lipinski definition) is 2. The van der Waals surface area contributed by atoms with E-state index in [9.17, 15) is 0 Å². The van der Waals surface area contributed by atoms with Gasteiger partial charge in [-0.15, -0.1) is 0 Å². The van der Waals surface area contributed by atoms with E-state index in [1.165, 1.54) is 11.1 Å². The van der Waals surface area contributed by atoms with E-state index in [4.69, 9.17) is 4.74 Å². The smallest absolute Gasteiger partial charge is 0.103 e. The third-order valence-corrected chi connectivity index (χ3v) is 3.59. The maximum atomic E-state index is 6.46. The Bertz CT molecular complexity index is 557. The molecular weight excluding hydrogens is 270 g/mol. The summed E-state index contributed by atoms with van der Waals surface area (Å²) in [5.41, 5.74) is 2.27. The normalized spacial score (nSPS) is 14.8. The highest BCUT2D eigenvalue weighted by Gasteiger charge is 2.31. The van der Waals surface area contributed by atoms with Gasteiger partial charge in [0, 0.05) is 0 Å². The van der Waals surface area contributed by atoms with Gasteiger partial charge in [0.05, 0.1) is 11.6 Å². The van der Waals surface area contributed by atoms with Crippen molar-refractivity contribution in [3.05, 3.63) is 71.8 Å². The maximum absolute atomic E-state index is 6.46. The zero-order valence-corrected chi connectivity index (χ0v) is 14.3. The molecule has 0 fully saturated rings. The lowest BCUT2D eigenvalue weighted by Crippen LogP contribution is -2.33. The highest BCUT2D eigenvalue weighted by atomic mass is 16.5. The topological polar surface area (TPSA) is 12.5 Å². The molecule has 2 nitrogen and oxygen atoms in total. The van der Waals surface area contributed by atoms with Gasteiger partial charge in [-0.3, -0.25) is 4.90 Å². The molecule has 0 heterocycles. The van der Waals surface area contributed by atoms with Crippen molar-refractivity contribution in [3.63, 3.8) is 0 Å². The molecule has 0 saturated heterocycles. The van der Waals surface area contributed by atoms with Crippen LogP contribution in [0.1, 0.15) is 44.0 Å². The van der Waals surface area contributed by atoms with Crippen LogP contribution in [0.4, 0.5) is 0 Å². The van der Waals surface area contributed by atoms with Crippen LogP contribution in [0.15, 0.2) is 60.7 Å². The van der Waals surface area contributed by atoms with Gasteiger partial charge in [0.1, 0.15) is 6.10 Å². The highest BCUT2D eigenvalue weighted by molar-refractivity contribution is 5.26. The van der Waals surface area contributed by atoms with Crippen molar-refractivity contribution in [2.75, 3.05) is 14.1 Å². The van der Waals surface area contributed by atoms with E-state index < -0.39 is 0 Å². The predicted molar refractivity (Wildman–Crippen MR) is 92.9 cm³/mol. The standard InChI is InChI=1S/C20H27NO/c1-20(2,3)22-19(17-14-10-7-11-15-17)18(21(4)5)16-12-8-6-9-13-16/h6-15,18-19H,1-5H3/t18-,19-/m1/s1. The zero-order valence-electron chi connectivity index (χ0n) is 14.3. The van der Waals surface area contributed by atoms with E-state index in [0.29, 0.717) is 0 Å². The molecular formula is C20H27NO. The second-order valence-corrected chi connectivity index (χ2v) is 6.88. The molecule has 0 spiro atoms. The average Bonchev–Trinajstić information content (AvgIpc) is 2.47. The molecule has 2 heteroatoms. The lowest BCUT2D eigenvalue weighted by atomic mass is 9.94. The molecule has 0 radical (unpaired) electrons. The monoisotopic (exact) mass is 297 g/mol. The number of ether oxygens (including phenoxy) is 1. The van der Waals surface area contributed by atoms with E-state index in [2.05, 4.69) is 94.4 Å². The number of likely N-dealkylation sites (N-methyl/N-ethyl adjacent to an activating group) is 1. The third-order valence-electron chi connectivity index (χ3n) is 3.59. The minimum Gasteiger partial charge on any atom is -0.366 e. The summed E-state index contributed by atoms with van der Waals surface area (Å²) in [7, 11) is 4.22. The van der Waals surface area contributed by atoms with Crippen molar-refractivity contribution in [2.45, 2.75) is 38.5 Å². The minimum absolute atomic E-state index is 0.0152. The van der Waals surface area contributed by atoms with Crippen molar-refractivity contribution >= 4 is 0 Å². The Kier molecular flexibility index (Phi) is 5.38. The number of benzene rings is 2. The Morgan fingerprint density at radius 1 is 0.773 bits per heavy atom. The van der Waals surface area contributed by atoms with Crippen LogP contribution in [-0.2, 0) is 4.74 Å². The molecule has 2 rings (SSSR count). The molecule has 0 N–H and O–H groups in total. The minimum atomic E-state index is -0.205. The van der Waals surface area contributed by atoms with Crippen molar-refractivity contribution in [2.24, 2.45) is 0 Å².